The Labute approximate surface area is 136 Å². The highest BCUT2D eigenvalue weighted by molar-refractivity contribution is 6.36. The van der Waals surface area contributed by atoms with E-state index >= 15 is 0 Å². The van der Waals surface area contributed by atoms with Crippen molar-refractivity contribution in [3.05, 3.63) is 28.0 Å². The van der Waals surface area contributed by atoms with Crippen molar-refractivity contribution in [3.63, 3.8) is 0 Å². The Morgan fingerprint density at radius 1 is 1.55 bits per heavy atom. The van der Waals surface area contributed by atoms with Crippen LogP contribution in [0.1, 0.15) is 23.7 Å². The molecule has 1 aliphatic rings. The lowest BCUT2D eigenvalue weighted by Gasteiger charge is -2.11. The SMILES string of the molecule is CCOC(=O)C(C=NC1CC1F)C(=O)c1ccc(Cl)nc1Cl. The van der Waals surface area contributed by atoms with Crippen molar-refractivity contribution < 1.29 is 18.7 Å². The molecule has 1 fully saturated rings. The van der Waals surface area contributed by atoms with Gasteiger partial charge in [-0.2, -0.15) is 0 Å². The highest BCUT2D eigenvalue weighted by atomic mass is 35.5. The van der Waals surface area contributed by atoms with Crippen LogP contribution in [0.15, 0.2) is 17.1 Å². The third-order valence-electron chi connectivity index (χ3n) is 3.01. The average molecular weight is 347 g/mol. The molecule has 8 heteroatoms. The van der Waals surface area contributed by atoms with Crippen molar-refractivity contribution >= 4 is 41.2 Å². The minimum Gasteiger partial charge on any atom is -0.465 e. The van der Waals surface area contributed by atoms with Gasteiger partial charge < -0.3 is 4.74 Å². The van der Waals surface area contributed by atoms with E-state index in [-0.39, 0.29) is 22.5 Å². The first-order valence-electron chi connectivity index (χ1n) is 6.64. The average Bonchev–Trinajstić information content (AvgIpc) is 3.15. The summed E-state index contributed by atoms with van der Waals surface area (Å²) >= 11 is 11.5. The fraction of sp³-hybridized carbons (Fsp3) is 0.429. The molecule has 1 saturated carbocycles. The number of ether oxygens (including phenoxy) is 1. The summed E-state index contributed by atoms with van der Waals surface area (Å²) in [7, 11) is 0. The summed E-state index contributed by atoms with van der Waals surface area (Å²) < 4.78 is 17.7. The summed E-state index contributed by atoms with van der Waals surface area (Å²) in [6, 6.07) is 2.26. The number of alkyl halides is 1. The summed E-state index contributed by atoms with van der Waals surface area (Å²) in [6.07, 6.45) is 0.397. The van der Waals surface area contributed by atoms with Crippen LogP contribution in [-0.2, 0) is 9.53 Å². The highest BCUT2D eigenvalue weighted by Gasteiger charge is 2.38. The van der Waals surface area contributed by atoms with Crippen LogP contribution in [0.2, 0.25) is 10.3 Å². The van der Waals surface area contributed by atoms with Crippen LogP contribution >= 0.6 is 23.2 Å². The van der Waals surface area contributed by atoms with E-state index in [9.17, 15) is 14.0 Å². The van der Waals surface area contributed by atoms with Crippen molar-refractivity contribution in [1.29, 1.82) is 0 Å². The molecule has 1 heterocycles. The molecule has 0 aromatic carbocycles. The number of esters is 1. The number of carbonyl (C=O) groups is 2. The molecule has 5 nitrogen and oxygen atoms in total. The van der Waals surface area contributed by atoms with Gasteiger partial charge in [0.2, 0.25) is 0 Å². The van der Waals surface area contributed by atoms with Gasteiger partial charge in [0.15, 0.2) is 11.7 Å². The number of hydrogen-bond acceptors (Lipinski definition) is 5. The first-order valence-corrected chi connectivity index (χ1v) is 7.40. The molecule has 0 saturated heterocycles. The lowest BCUT2D eigenvalue weighted by Crippen LogP contribution is -2.28. The molecule has 0 aliphatic heterocycles. The van der Waals surface area contributed by atoms with E-state index in [0.29, 0.717) is 6.42 Å². The standard InChI is InChI=1S/C14H13Cl2FN2O3/c1-2-22-14(21)8(6-18-10-5-9(10)17)12(20)7-3-4-11(15)19-13(7)16/h3-4,6,8-10H,2,5H2,1H3. The number of carbonyl (C=O) groups excluding carboxylic acids is 2. The second-order valence-electron chi connectivity index (χ2n) is 4.68. The second kappa shape index (κ2) is 7.15. The molecule has 0 bridgehead atoms. The number of nitrogens with zero attached hydrogens (tertiary/aromatic N) is 2. The lowest BCUT2D eigenvalue weighted by molar-refractivity contribution is -0.143. The first kappa shape index (κ1) is 16.8. The van der Waals surface area contributed by atoms with E-state index in [1.165, 1.54) is 12.1 Å². The fourth-order valence-electron chi connectivity index (χ4n) is 1.73. The van der Waals surface area contributed by atoms with E-state index in [1.54, 1.807) is 6.92 Å². The van der Waals surface area contributed by atoms with E-state index < -0.39 is 29.9 Å². The Balaban J connectivity index is 2.24. The van der Waals surface area contributed by atoms with Gasteiger partial charge in [0.25, 0.3) is 0 Å². The van der Waals surface area contributed by atoms with Crippen molar-refractivity contribution in [2.75, 3.05) is 6.61 Å². The topological polar surface area (TPSA) is 68.6 Å². The molecule has 2 rings (SSSR count). The Morgan fingerprint density at radius 2 is 2.23 bits per heavy atom. The fourth-order valence-corrected chi connectivity index (χ4v) is 2.17. The summed E-state index contributed by atoms with van der Waals surface area (Å²) in [5.74, 6) is -2.67. The number of pyridine rings is 1. The zero-order chi connectivity index (χ0) is 16.3. The Bertz CT molecular complexity index is 624. The second-order valence-corrected chi connectivity index (χ2v) is 5.43. The van der Waals surface area contributed by atoms with Crippen LogP contribution in [0.5, 0.6) is 0 Å². The molecule has 0 radical (unpaired) electrons. The summed E-state index contributed by atoms with van der Waals surface area (Å²) in [5, 5.41) is 0.0103. The van der Waals surface area contributed by atoms with E-state index in [4.69, 9.17) is 27.9 Å². The molecule has 0 amide bonds. The maximum Gasteiger partial charge on any atom is 0.322 e. The number of ketones is 1. The van der Waals surface area contributed by atoms with Gasteiger partial charge in [0.1, 0.15) is 16.5 Å². The number of hydrogen-bond donors (Lipinski definition) is 0. The molecule has 1 aliphatic carbocycles. The number of rotatable bonds is 6. The van der Waals surface area contributed by atoms with Crippen LogP contribution in [-0.4, -0.2) is 41.8 Å². The molecular formula is C14H13Cl2FN2O3. The van der Waals surface area contributed by atoms with Gasteiger partial charge in [-0.15, -0.1) is 0 Å². The maximum atomic E-state index is 12.8. The summed E-state index contributed by atoms with van der Waals surface area (Å²) in [4.78, 5) is 32.0. The number of halogens is 3. The van der Waals surface area contributed by atoms with Gasteiger partial charge in [-0.1, -0.05) is 23.2 Å². The van der Waals surface area contributed by atoms with Crippen LogP contribution in [0, 0.1) is 5.92 Å². The molecule has 118 valence electrons. The van der Waals surface area contributed by atoms with Gasteiger partial charge >= 0.3 is 5.97 Å². The number of aliphatic imine (C=N–C) groups is 1. The predicted molar refractivity (Wildman–Crippen MR) is 80.5 cm³/mol. The minimum atomic E-state index is -1.28. The lowest BCUT2D eigenvalue weighted by atomic mass is 10.00. The van der Waals surface area contributed by atoms with Gasteiger partial charge in [-0.25, -0.2) is 9.37 Å². The van der Waals surface area contributed by atoms with Gasteiger partial charge in [-0.05, 0) is 19.1 Å². The van der Waals surface area contributed by atoms with Gasteiger partial charge in [0, 0.05) is 12.6 Å². The van der Waals surface area contributed by atoms with Crippen LogP contribution in [0.3, 0.4) is 0 Å². The zero-order valence-corrected chi connectivity index (χ0v) is 13.1. The van der Waals surface area contributed by atoms with E-state index in [1.807, 2.05) is 0 Å². The number of Topliss-reactive ketones (excluding diaryl/α,β-unsaturated/α-hetero) is 1. The van der Waals surface area contributed by atoms with Crippen molar-refractivity contribution in [1.82, 2.24) is 4.98 Å². The third kappa shape index (κ3) is 4.01. The van der Waals surface area contributed by atoms with Crippen LogP contribution in [0.25, 0.3) is 0 Å². The van der Waals surface area contributed by atoms with E-state index in [0.717, 1.165) is 6.21 Å². The molecule has 1 aromatic rings. The molecule has 3 atom stereocenters. The number of aromatic nitrogens is 1. The third-order valence-corrected chi connectivity index (χ3v) is 3.51. The first-order chi connectivity index (χ1) is 10.4. The maximum absolute atomic E-state index is 12.8. The van der Waals surface area contributed by atoms with Gasteiger partial charge in [-0.3, -0.25) is 14.6 Å². The summed E-state index contributed by atoms with van der Waals surface area (Å²) in [6.45, 7) is 1.73. The Morgan fingerprint density at radius 3 is 2.77 bits per heavy atom. The smallest absolute Gasteiger partial charge is 0.322 e. The van der Waals surface area contributed by atoms with Gasteiger partial charge in [0.05, 0.1) is 18.2 Å². The normalized spacial score (nSPS) is 21.6. The zero-order valence-electron chi connectivity index (χ0n) is 11.6. The van der Waals surface area contributed by atoms with Crippen molar-refractivity contribution in [3.8, 4) is 0 Å². The monoisotopic (exact) mass is 346 g/mol. The van der Waals surface area contributed by atoms with Crippen molar-refractivity contribution in [2.24, 2.45) is 10.9 Å². The predicted octanol–water partition coefficient (Wildman–Crippen LogP) is 2.93. The quantitative estimate of drug-likeness (QED) is 0.261. The molecular weight excluding hydrogens is 334 g/mol. The molecule has 3 unspecified atom stereocenters. The summed E-state index contributed by atoms with van der Waals surface area (Å²) in [5.41, 5.74) is 0.0307. The van der Waals surface area contributed by atoms with E-state index in [2.05, 4.69) is 9.98 Å². The molecule has 1 aromatic heterocycles. The molecule has 0 spiro atoms. The molecule has 0 N–H and O–H groups in total. The van der Waals surface area contributed by atoms with Crippen LogP contribution in [0.4, 0.5) is 4.39 Å². The molecule has 22 heavy (non-hydrogen) atoms. The Kier molecular flexibility index (Phi) is 5.47. The van der Waals surface area contributed by atoms with Crippen LogP contribution < -0.4 is 0 Å². The highest BCUT2D eigenvalue weighted by Crippen LogP contribution is 2.29. The Hall–Kier alpha value is -1.53. The largest absolute Gasteiger partial charge is 0.465 e. The van der Waals surface area contributed by atoms with Crippen molar-refractivity contribution in [2.45, 2.75) is 25.6 Å². The minimum absolute atomic E-state index is 0.0307.